The number of carbonyl (C=O) groups is 1. The van der Waals surface area contributed by atoms with E-state index in [9.17, 15) is 4.79 Å². The molecule has 0 radical (unpaired) electrons. The van der Waals surface area contributed by atoms with Crippen LogP contribution in [-0.2, 0) is 6.54 Å². The maximum atomic E-state index is 12.9. The summed E-state index contributed by atoms with van der Waals surface area (Å²) in [5.74, 6) is 0.267. The molecule has 0 N–H and O–H groups in total. The van der Waals surface area contributed by atoms with Crippen molar-refractivity contribution < 1.29 is 9.53 Å². The molecule has 2 aromatic rings. The minimum atomic E-state index is -0.0993. The van der Waals surface area contributed by atoms with Gasteiger partial charge >= 0.3 is 0 Å². The standard InChI is InChI=1S/C19H21N3O2/c1-3-12-22(14-16-9-7-15(13-20)8-10-16)19(23)17-6-5-11-21-18(17)24-4-2/h5-11H,3-4,12,14H2,1-2H3. The van der Waals surface area contributed by atoms with E-state index in [0.717, 1.165) is 12.0 Å². The highest BCUT2D eigenvalue weighted by Crippen LogP contribution is 2.19. The van der Waals surface area contributed by atoms with Gasteiger partial charge < -0.3 is 9.64 Å². The van der Waals surface area contributed by atoms with Crippen molar-refractivity contribution in [3.05, 3.63) is 59.3 Å². The highest BCUT2D eigenvalue weighted by molar-refractivity contribution is 5.96. The average molecular weight is 323 g/mol. The molecule has 0 atom stereocenters. The quantitative estimate of drug-likeness (QED) is 0.783. The molecule has 0 fully saturated rings. The van der Waals surface area contributed by atoms with Crippen molar-refractivity contribution in [2.45, 2.75) is 26.8 Å². The molecule has 0 bridgehead atoms. The van der Waals surface area contributed by atoms with Crippen molar-refractivity contribution in [1.29, 1.82) is 5.26 Å². The smallest absolute Gasteiger partial charge is 0.259 e. The minimum absolute atomic E-state index is 0.0993. The number of amides is 1. The third kappa shape index (κ3) is 4.32. The average Bonchev–Trinajstić information content (AvgIpc) is 2.62. The molecule has 0 spiro atoms. The second-order valence-electron chi connectivity index (χ2n) is 5.32. The Morgan fingerprint density at radius 2 is 2.00 bits per heavy atom. The van der Waals surface area contributed by atoms with Gasteiger partial charge in [0.15, 0.2) is 0 Å². The highest BCUT2D eigenvalue weighted by atomic mass is 16.5. The summed E-state index contributed by atoms with van der Waals surface area (Å²) < 4.78 is 5.47. The fraction of sp³-hybridized carbons (Fsp3) is 0.316. The molecule has 1 heterocycles. The molecule has 24 heavy (non-hydrogen) atoms. The van der Waals surface area contributed by atoms with Crippen molar-refractivity contribution in [2.24, 2.45) is 0 Å². The van der Waals surface area contributed by atoms with Crippen LogP contribution in [0.3, 0.4) is 0 Å². The summed E-state index contributed by atoms with van der Waals surface area (Å²) in [6.07, 6.45) is 2.47. The van der Waals surface area contributed by atoms with Crippen LogP contribution in [0, 0.1) is 11.3 Å². The van der Waals surface area contributed by atoms with Gasteiger partial charge in [0.25, 0.3) is 5.91 Å². The lowest BCUT2D eigenvalue weighted by molar-refractivity contribution is 0.0738. The van der Waals surface area contributed by atoms with E-state index in [1.54, 1.807) is 35.4 Å². The molecule has 0 saturated carbocycles. The van der Waals surface area contributed by atoms with Crippen molar-refractivity contribution in [3.63, 3.8) is 0 Å². The summed E-state index contributed by atoms with van der Waals surface area (Å²) in [6, 6.07) is 12.9. The Morgan fingerprint density at radius 3 is 2.62 bits per heavy atom. The number of aromatic nitrogens is 1. The Labute approximate surface area is 142 Å². The molecule has 0 aliphatic carbocycles. The Hall–Kier alpha value is -2.87. The SMILES string of the molecule is CCCN(Cc1ccc(C#N)cc1)C(=O)c1cccnc1OCC. The van der Waals surface area contributed by atoms with Crippen LogP contribution >= 0.6 is 0 Å². The lowest BCUT2D eigenvalue weighted by Crippen LogP contribution is -2.31. The Balaban J connectivity index is 2.23. The van der Waals surface area contributed by atoms with Crippen LogP contribution in [0.4, 0.5) is 0 Å². The molecule has 1 aromatic heterocycles. The van der Waals surface area contributed by atoms with E-state index in [-0.39, 0.29) is 5.91 Å². The lowest BCUT2D eigenvalue weighted by atomic mass is 10.1. The van der Waals surface area contributed by atoms with Gasteiger partial charge in [0.2, 0.25) is 5.88 Å². The summed E-state index contributed by atoms with van der Waals surface area (Å²) in [5.41, 5.74) is 2.07. The van der Waals surface area contributed by atoms with Crippen LogP contribution < -0.4 is 4.74 Å². The molecule has 0 saturated heterocycles. The zero-order chi connectivity index (χ0) is 17.4. The first-order valence-electron chi connectivity index (χ1n) is 8.05. The molecule has 1 aromatic carbocycles. The Kier molecular flexibility index (Phi) is 6.32. The summed E-state index contributed by atoms with van der Waals surface area (Å²) in [4.78, 5) is 18.8. The molecule has 0 unspecified atom stereocenters. The molecule has 0 aliphatic rings. The zero-order valence-electron chi connectivity index (χ0n) is 14.0. The number of hydrogen-bond acceptors (Lipinski definition) is 4. The van der Waals surface area contributed by atoms with Crippen LogP contribution in [0.1, 0.15) is 41.8 Å². The van der Waals surface area contributed by atoms with E-state index in [0.29, 0.717) is 36.7 Å². The van der Waals surface area contributed by atoms with Crippen LogP contribution in [0.15, 0.2) is 42.6 Å². The van der Waals surface area contributed by atoms with Crippen LogP contribution in [0.5, 0.6) is 5.88 Å². The number of benzene rings is 1. The topological polar surface area (TPSA) is 66.2 Å². The normalized spacial score (nSPS) is 10.0. The number of nitriles is 1. The molecule has 124 valence electrons. The van der Waals surface area contributed by atoms with Gasteiger partial charge in [-0.2, -0.15) is 5.26 Å². The Morgan fingerprint density at radius 1 is 1.25 bits per heavy atom. The summed E-state index contributed by atoms with van der Waals surface area (Å²) in [7, 11) is 0. The van der Waals surface area contributed by atoms with Gasteiger partial charge in [0, 0.05) is 19.3 Å². The van der Waals surface area contributed by atoms with Crippen molar-refractivity contribution in [1.82, 2.24) is 9.88 Å². The largest absolute Gasteiger partial charge is 0.477 e. The van der Waals surface area contributed by atoms with E-state index in [1.807, 2.05) is 26.0 Å². The maximum Gasteiger partial charge on any atom is 0.259 e. The lowest BCUT2D eigenvalue weighted by Gasteiger charge is -2.23. The summed E-state index contributed by atoms with van der Waals surface area (Å²) in [6.45, 7) is 5.48. The third-order valence-corrected chi connectivity index (χ3v) is 3.52. The number of ether oxygens (including phenoxy) is 1. The highest BCUT2D eigenvalue weighted by Gasteiger charge is 2.20. The molecule has 2 rings (SSSR count). The van der Waals surface area contributed by atoms with Gasteiger partial charge in [-0.25, -0.2) is 4.98 Å². The van der Waals surface area contributed by atoms with E-state index in [2.05, 4.69) is 11.1 Å². The predicted molar refractivity (Wildman–Crippen MR) is 91.6 cm³/mol. The van der Waals surface area contributed by atoms with Gasteiger partial charge in [-0.1, -0.05) is 19.1 Å². The predicted octanol–water partition coefficient (Wildman–Crippen LogP) is 3.40. The molecule has 5 nitrogen and oxygen atoms in total. The fourth-order valence-electron chi connectivity index (χ4n) is 2.40. The van der Waals surface area contributed by atoms with Gasteiger partial charge in [-0.05, 0) is 43.2 Å². The van der Waals surface area contributed by atoms with Crippen molar-refractivity contribution in [2.75, 3.05) is 13.2 Å². The maximum absolute atomic E-state index is 12.9. The molecular formula is C19H21N3O2. The fourth-order valence-corrected chi connectivity index (χ4v) is 2.40. The van der Waals surface area contributed by atoms with E-state index in [1.165, 1.54) is 0 Å². The monoisotopic (exact) mass is 323 g/mol. The number of rotatable bonds is 7. The van der Waals surface area contributed by atoms with Crippen LogP contribution in [0.25, 0.3) is 0 Å². The van der Waals surface area contributed by atoms with Gasteiger partial charge in [-0.3, -0.25) is 4.79 Å². The number of pyridine rings is 1. The van der Waals surface area contributed by atoms with Gasteiger partial charge in [0.1, 0.15) is 5.56 Å². The number of carbonyl (C=O) groups excluding carboxylic acids is 1. The van der Waals surface area contributed by atoms with Crippen LogP contribution in [0.2, 0.25) is 0 Å². The van der Waals surface area contributed by atoms with E-state index >= 15 is 0 Å². The first kappa shape index (κ1) is 17.5. The zero-order valence-corrected chi connectivity index (χ0v) is 14.0. The molecular weight excluding hydrogens is 302 g/mol. The Bertz CT molecular complexity index is 720. The first-order chi connectivity index (χ1) is 11.7. The third-order valence-electron chi connectivity index (χ3n) is 3.52. The second-order valence-corrected chi connectivity index (χ2v) is 5.32. The first-order valence-corrected chi connectivity index (χ1v) is 8.05. The minimum Gasteiger partial charge on any atom is -0.477 e. The van der Waals surface area contributed by atoms with Crippen molar-refractivity contribution in [3.8, 4) is 11.9 Å². The summed E-state index contributed by atoms with van der Waals surface area (Å²) >= 11 is 0. The van der Waals surface area contributed by atoms with E-state index < -0.39 is 0 Å². The van der Waals surface area contributed by atoms with Crippen LogP contribution in [-0.4, -0.2) is 28.9 Å². The molecule has 0 aliphatic heterocycles. The van der Waals surface area contributed by atoms with Gasteiger partial charge in [-0.15, -0.1) is 0 Å². The molecule has 1 amide bonds. The number of hydrogen-bond donors (Lipinski definition) is 0. The second kappa shape index (κ2) is 8.68. The summed E-state index contributed by atoms with van der Waals surface area (Å²) in [5, 5.41) is 8.88. The molecule has 5 heteroatoms. The van der Waals surface area contributed by atoms with Gasteiger partial charge in [0.05, 0.1) is 18.2 Å². The number of nitrogens with zero attached hydrogens (tertiary/aromatic N) is 3. The van der Waals surface area contributed by atoms with Crippen molar-refractivity contribution >= 4 is 5.91 Å². The van der Waals surface area contributed by atoms with E-state index in [4.69, 9.17) is 10.00 Å².